The van der Waals surface area contributed by atoms with E-state index in [4.69, 9.17) is 16.9 Å². The van der Waals surface area contributed by atoms with Gasteiger partial charge in [-0.25, -0.2) is 22.3 Å². The van der Waals surface area contributed by atoms with Crippen LogP contribution in [0.15, 0.2) is 97.1 Å². The summed E-state index contributed by atoms with van der Waals surface area (Å²) < 4.78 is 27.8. The number of hydrogen-bond acceptors (Lipinski definition) is 7. The molecule has 0 radical (unpaired) electrons. The number of carboxylic acids is 1. The molecule has 4 aromatic rings. The Balaban J connectivity index is 1.39. The number of nitrogens with zero attached hydrogens (tertiary/aromatic N) is 1. The number of benzene rings is 4. The molecule has 4 aromatic carbocycles. The molecule has 0 aliphatic carbocycles. The van der Waals surface area contributed by atoms with Crippen molar-refractivity contribution in [3.05, 3.63) is 130 Å². The Hall–Kier alpha value is -5.53. The van der Waals surface area contributed by atoms with Crippen molar-refractivity contribution in [3.63, 3.8) is 0 Å². The van der Waals surface area contributed by atoms with E-state index in [1.54, 1.807) is 18.2 Å². The molecule has 0 atom stereocenters. The van der Waals surface area contributed by atoms with Crippen molar-refractivity contribution in [2.24, 2.45) is 11.5 Å². The second kappa shape index (κ2) is 17.7. The van der Waals surface area contributed by atoms with Crippen molar-refractivity contribution in [2.45, 2.75) is 44.5 Å². The number of carbonyl (C=O) groups is 3. The molecule has 0 saturated heterocycles. The third-order valence-electron chi connectivity index (χ3n) is 8.00. The lowest BCUT2D eigenvalue weighted by atomic mass is 9.95. The highest BCUT2D eigenvalue weighted by molar-refractivity contribution is 7.88. The summed E-state index contributed by atoms with van der Waals surface area (Å²) in [6.45, 7) is 0.299. The summed E-state index contributed by atoms with van der Waals surface area (Å²) in [6.07, 6.45) is 1.62. The van der Waals surface area contributed by atoms with Gasteiger partial charge >= 0.3 is 12.0 Å². The highest BCUT2D eigenvalue weighted by Crippen LogP contribution is 2.26. The predicted octanol–water partition coefficient (Wildman–Crippen LogP) is 4.37. The van der Waals surface area contributed by atoms with E-state index >= 15 is 0 Å². The van der Waals surface area contributed by atoms with Gasteiger partial charge in [0.05, 0.1) is 11.3 Å². The number of rotatable bonds is 17. The first-order chi connectivity index (χ1) is 24.0. The van der Waals surface area contributed by atoms with Gasteiger partial charge in [-0.05, 0) is 76.9 Å². The number of nitrogen functional groups attached to an aromatic ring is 1. The summed E-state index contributed by atoms with van der Waals surface area (Å²) in [5.74, 6) is -2.22. The summed E-state index contributed by atoms with van der Waals surface area (Å²) in [7, 11) is -4.21. The fourth-order valence-electron chi connectivity index (χ4n) is 5.36. The average molecular weight is 699 g/mol. The minimum Gasteiger partial charge on any atom is -0.478 e. The number of sulfonamides is 1. The topological polar surface area (TPSA) is 209 Å². The van der Waals surface area contributed by atoms with Gasteiger partial charge in [0.1, 0.15) is 5.84 Å². The number of amides is 3. The van der Waals surface area contributed by atoms with Crippen molar-refractivity contribution < 1.29 is 27.9 Å². The van der Waals surface area contributed by atoms with Gasteiger partial charge in [0.15, 0.2) is 0 Å². The minimum absolute atomic E-state index is 0.0615. The maximum Gasteiger partial charge on any atom is 0.335 e. The summed E-state index contributed by atoms with van der Waals surface area (Å²) in [4.78, 5) is 37.6. The van der Waals surface area contributed by atoms with E-state index in [9.17, 15) is 27.9 Å². The van der Waals surface area contributed by atoms with Crippen LogP contribution in [-0.4, -0.2) is 54.7 Å². The van der Waals surface area contributed by atoms with Crippen molar-refractivity contribution >= 4 is 33.8 Å². The number of urea groups is 1. The fraction of sp³-hybridized carbons (Fsp3) is 0.243. The molecule has 0 heterocycles. The number of carbonyl (C=O) groups excluding carboxylic acids is 2. The molecule has 0 fully saturated rings. The van der Waals surface area contributed by atoms with E-state index in [-0.39, 0.29) is 48.9 Å². The summed E-state index contributed by atoms with van der Waals surface area (Å²) in [5, 5.41) is 22.6. The lowest BCUT2D eigenvalue weighted by Gasteiger charge is -2.23. The summed E-state index contributed by atoms with van der Waals surface area (Å²) in [6, 6.07) is 27.3. The number of carboxylic acid groups (broad SMARTS) is 1. The van der Waals surface area contributed by atoms with E-state index in [1.807, 2.05) is 54.6 Å². The van der Waals surface area contributed by atoms with Crippen molar-refractivity contribution in [2.75, 3.05) is 13.1 Å². The van der Waals surface area contributed by atoms with E-state index < -0.39 is 27.8 Å². The number of hydrogen-bond donors (Lipinski definition) is 6. The standard InChI is InChI=1S/C37H42N6O6S/c38-23-27-11-6-13-29(20-27)33-22-30(35(39)40)15-16-32(33)24-42-34(44)17-18-41-37(47)43(19-5-4-10-26-8-2-1-3-9-26)50(48,49)25-28-12-7-14-31(21-28)36(45)46/h1-3,6-9,11-16,20-22H,4-5,10,17-19,23-25,38H2,(H3,39,40)(H,41,47)(H,42,44)(H,45,46). The molecule has 0 spiro atoms. The minimum atomic E-state index is -4.21. The number of aromatic carboxylic acids is 1. The van der Waals surface area contributed by atoms with Gasteiger partial charge in [-0.1, -0.05) is 72.8 Å². The normalized spacial score (nSPS) is 11.1. The molecule has 13 heteroatoms. The quantitative estimate of drug-likeness (QED) is 0.0529. The zero-order valence-electron chi connectivity index (χ0n) is 27.6. The molecule has 0 aliphatic heterocycles. The number of amidine groups is 1. The Labute approximate surface area is 292 Å². The molecule has 0 unspecified atom stereocenters. The molecular weight excluding hydrogens is 657 g/mol. The molecule has 0 aromatic heterocycles. The Morgan fingerprint density at radius 2 is 1.52 bits per heavy atom. The fourth-order valence-corrected chi connectivity index (χ4v) is 6.85. The SMILES string of the molecule is N=C(N)c1ccc(CNC(=O)CCNC(=O)N(CCCCc2ccccc2)S(=O)(=O)Cc2cccc(C(=O)O)c2)c(-c2cccc(CN)c2)c1. The molecule has 262 valence electrons. The molecule has 12 nitrogen and oxygen atoms in total. The largest absolute Gasteiger partial charge is 0.478 e. The van der Waals surface area contributed by atoms with Crippen LogP contribution < -0.4 is 22.1 Å². The number of aryl methyl sites for hydroxylation is 1. The van der Waals surface area contributed by atoms with Crippen molar-refractivity contribution in [3.8, 4) is 11.1 Å². The molecule has 0 bridgehead atoms. The maximum absolute atomic E-state index is 13.5. The monoisotopic (exact) mass is 698 g/mol. The van der Waals surface area contributed by atoms with Gasteiger partial charge in [0, 0.05) is 38.2 Å². The van der Waals surface area contributed by atoms with Gasteiger partial charge < -0.3 is 27.2 Å². The van der Waals surface area contributed by atoms with Crippen LogP contribution in [0, 0.1) is 5.41 Å². The van der Waals surface area contributed by atoms with E-state index in [1.165, 1.54) is 24.3 Å². The van der Waals surface area contributed by atoms with Crippen LogP contribution in [0.4, 0.5) is 4.79 Å². The van der Waals surface area contributed by atoms with Gasteiger partial charge in [-0.2, -0.15) is 0 Å². The molecule has 0 saturated carbocycles. The number of nitrogens with two attached hydrogens (primary N) is 2. The summed E-state index contributed by atoms with van der Waals surface area (Å²) in [5.41, 5.74) is 16.7. The third kappa shape index (κ3) is 10.7. The van der Waals surface area contributed by atoms with Crippen molar-refractivity contribution in [1.29, 1.82) is 5.41 Å². The van der Waals surface area contributed by atoms with Crippen LogP contribution in [0.5, 0.6) is 0 Å². The van der Waals surface area contributed by atoms with E-state index in [2.05, 4.69) is 10.6 Å². The van der Waals surface area contributed by atoms with Gasteiger partial charge in [0.2, 0.25) is 15.9 Å². The molecule has 8 N–H and O–H groups in total. The Morgan fingerprint density at radius 3 is 2.24 bits per heavy atom. The van der Waals surface area contributed by atoms with Crippen molar-refractivity contribution in [1.82, 2.24) is 14.9 Å². The maximum atomic E-state index is 13.5. The molecule has 4 rings (SSSR count). The van der Waals surface area contributed by atoms with Gasteiger partial charge in [-0.3, -0.25) is 10.2 Å². The predicted molar refractivity (Wildman–Crippen MR) is 193 cm³/mol. The Bertz CT molecular complexity index is 1930. The van der Waals surface area contributed by atoms with Crippen LogP contribution in [0.2, 0.25) is 0 Å². The second-order valence-corrected chi connectivity index (χ2v) is 13.6. The van der Waals surface area contributed by atoms with Gasteiger partial charge in [0.25, 0.3) is 0 Å². The zero-order chi connectivity index (χ0) is 36.1. The Kier molecular flexibility index (Phi) is 13.2. The van der Waals surface area contributed by atoms with E-state index in [0.29, 0.717) is 31.4 Å². The first-order valence-corrected chi connectivity index (χ1v) is 17.8. The lowest BCUT2D eigenvalue weighted by Crippen LogP contribution is -2.45. The van der Waals surface area contributed by atoms with Crippen LogP contribution in [0.25, 0.3) is 11.1 Å². The van der Waals surface area contributed by atoms with Crippen LogP contribution in [0.1, 0.15) is 57.4 Å². The first-order valence-electron chi connectivity index (χ1n) is 16.1. The third-order valence-corrected chi connectivity index (χ3v) is 9.72. The average Bonchev–Trinajstić information content (AvgIpc) is 3.10. The van der Waals surface area contributed by atoms with Crippen LogP contribution in [0.3, 0.4) is 0 Å². The number of nitrogens with one attached hydrogen (secondary N) is 3. The Morgan fingerprint density at radius 1 is 0.800 bits per heavy atom. The zero-order valence-corrected chi connectivity index (χ0v) is 28.4. The summed E-state index contributed by atoms with van der Waals surface area (Å²) >= 11 is 0. The van der Waals surface area contributed by atoms with Gasteiger partial charge in [-0.15, -0.1) is 0 Å². The molecule has 0 aliphatic rings. The van der Waals surface area contributed by atoms with Crippen LogP contribution in [-0.2, 0) is 40.1 Å². The van der Waals surface area contributed by atoms with E-state index in [0.717, 1.165) is 32.1 Å². The smallest absolute Gasteiger partial charge is 0.335 e. The first kappa shape index (κ1) is 37.3. The molecular formula is C37H42N6O6S. The second-order valence-electron chi connectivity index (χ2n) is 11.7. The molecule has 3 amide bonds. The van der Waals surface area contributed by atoms with Crippen LogP contribution >= 0.6 is 0 Å². The number of unbranched alkanes of at least 4 members (excludes halogenated alkanes) is 1. The highest BCUT2D eigenvalue weighted by Gasteiger charge is 2.28. The highest BCUT2D eigenvalue weighted by atomic mass is 32.2. The molecule has 50 heavy (non-hydrogen) atoms. The lowest BCUT2D eigenvalue weighted by molar-refractivity contribution is -0.121.